The number of nitrogens with zero attached hydrogens (tertiary/aromatic N) is 3. The normalized spacial score (nSPS) is 22.7. The molecule has 4 rings (SSSR count). The van der Waals surface area contributed by atoms with Crippen molar-refractivity contribution >= 4 is 17.3 Å². The van der Waals surface area contributed by atoms with Crippen molar-refractivity contribution in [2.45, 2.75) is 26.2 Å². The molecular formula is C21H28N4OS. The Bertz CT molecular complexity index is 793. The zero-order valence-electron chi connectivity index (χ0n) is 16.2. The Balaban J connectivity index is 1.29. The fourth-order valence-corrected chi connectivity index (χ4v) is 4.83. The Labute approximate surface area is 165 Å². The van der Waals surface area contributed by atoms with Crippen molar-refractivity contribution in [2.75, 3.05) is 39.9 Å². The topological polar surface area (TPSA) is 49.8 Å². The zero-order valence-corrected chi connectivity index (χ0v) is 17.0. The van der Waals surface area contributed by atoms with Crippen LogP contribution in [0.25, 0.3) is 10.6 Å². The molecule has 2 aliphatic rings. The molecule has 0 saturated carbocycles. The van der Waals surface area contributed by atoms with Gasteiger partial charge in [0.1, 0.15) is 5.01 Å². The van der Waals surface area contributed by atoms with E-state index in [1.54, 1.807) is 11.3 Å². The van der Waals surface area contributed by atoms with Gasteiger partial charge in [-0.3, -0.25) is 4.99 Å². The van der Waals surface area contributed by atoms with Crippen molar-refractivity contribution in [3.8, 4) is 10.6 Å². The second-order valence-corrected chi connectivity index (χ2v) is 8.57. The summed E-state index contributed by atoms with van der Waals surface area (Å²) >= 11 is 1.72. The van der Waals surface area contributed by atoms with Gasteiger partial charge in [0.15, 0.2) is 5.96 Å². The molecule has 0 aliphatic carbocycles. The predicted molar refractivity (Wildman–Crippen MR) is 111 cm³/mol. The van der Waals surface area contributed by atoms with Crippen LogP contribution in [-0.4, -0.2) is 55.7 Å². The van der Waals surface area contributed by atoms with Gasteiger partial charge in [-0.2, -0.15) is 0 Å². The molecule has 2 aromatic rings. The minimum atomic E-state index is 0.357. The van der Waals surface area contributed by atoms with E-state index in [4.69, 9.17) is 9.72 Å². The summed E-state index contributed by atoms with van der Waals surface area (Å²) < 4.78 is 5.63. The maximum atomic E-state index is 5.63. The van der Waals surface area contributed by atoms with E-state index >= 15 is 0 Å². The largest absolute Gasteiger partial charge is 0.381 e. The average Bonchev–Trinajstić information content (AvgIpc) is 3.42. The first-order valence-corrected chi connectivity index (χ1v) is 10.6. The molecule has 0 radical (unpaired) electrons. The lowest BCUT2D eigenvalue weighted by molar-refractivity contribution is 0.156. The Hall–Kier alpha value is -1.92. The van der Waals surface area contributed by atoms with Gasteiger partial charge in [0.2, 0.25) is 0 Å². The standard InChI is InChI=1S/C21H28N4OS/c1-16-3-5-17(6-4-16)19-24-18(13-27-19)7-10-23-20(22-2)25-11-8-21(14-25)9-12-26-15-21/h3-6,13H,7-12,14-15H2,1-2H3,(H,22,23). The summed E-state index contributed by atoms with van der Waals surface area (Å²) in [4.78, 5) is 11.7. The molecule has 2 fully saturated rings. The van der Waals surface area contributed by atoms with E-state index in [9.17, 15) is 0 Å². The molecule has 1 N–H and O–H groups in total. The van der Waals surface area contributed by atoms with Crippen molar-refractivity contribution in [2.24, 2.45) is 10.4 Å². The van der Waals surface area contributed by atoms with Crippen LogP contribution < -0.4 is 5.32 Å². The van der Waals surface area contributed by atoms with Gasteiger partial charge in [-0.15, -0.1) is 11.3 Å². The van der Waals surface area contributed by atoms with E-state index in [0.29, 0.717) is 5.41 Å². The first-order valence-electron chi connectivity index (χ1n) is 9.72. The lowest BCUT2D eigenvalue weighted by Gasteiger charge is -2.24. The van der Waals surface area contributed by atoms with Crippen molar-refractivity contribution in [3.05, 3.63) is 40.9 Å². The zero-order chi connectivity index (χ0) is 18.7. The number of aromatic nitrogens is 1. The van der Waals surface area contributed by atoms with E-state index in [-0.39, 0.29) is 0 Å². The van der Waals surface area contributed by atoms with E-state index in [1.165, 1.54) is 24.0 Å². The molecular weight excluding hydrogens is 356 g/mol. The number of aryl methyl sites for hydroxylation is 1. The van der Waals surface area contributed by atoms with Crippen molar-refractivity contribution < 1.29 is 4.74 Å². The summed E-state index contributed by atoms with van der Waals surface area (Å²) in [5.41, 5.74) is 3.97. The molecule has 6 heteroatoms. The molecule has 144 valence electrons. The van der Waals surface area contributed by atoms with Gasteiger partial charge in [-0.1, -0.05) is 29.8 Å². The first kappa shape index (κ1) is 18.4. The van der Waals surface area contributed by atoms with Gasteiger partial charge in [-0.25, -0.2) is 4.98 Å². The quantitative estimate of drug-likeness (QED) is 0.649. The molecule has 1 spiro atoms. The van der Waals surface area contributed by atoms with Crippen LogP contribution in [0.1, 0.15) is 24.1 Å². The van der Waals surface area contributed by atoms with Crippen LogP contribution in [0.4, 0.5) is 0 Å². The summed E-state index contributed by atoms with van der Waals surface area (Å²) in [6, 6.07) is 8.57. The number of rotatable bonds is 4. The average molecular weight is 385 g/mol. The SMILES string of the molecule is CN=C(NCCc1csc(-c2ccc(C)cc2)n1)N1CCC2(CCOC2)C1. The van der Waals surface area contributed by atoms with E-state index in [2.05, 4.69) is 51.8 Å². The minimum absolute atomic E-state index is 0.357. The Morgan fingerprint density at radius 1 is 1.33 bits per heavy atom. The molecule has 0 bridgehead atoms. The third-order valence-corrected chi connectivity index (χ3v) is 6.59. The number of aliphatic imine (C=N–C) groups is 1. The van der Waals surface area contributed by atoms with Crippen LogP contribution in [-0.2, 0) is 11.2 Å². The molecule has 0 amide bonds. The number of guanidine groups is 1. The summed E-state index contributed by atoms with van der Waals surface area (Å²) in [6.07, 6.45) is 3.30. The molecule has 1 aromatic heterocycles. The van der Waals surface area contributed by atoms with E-state index < -0.39 is 0 Å². The number of hydrogen-bond donors (Lipinski definition) is 1. The summed E-state index contributed by atoms with van der Waals surface area (Å²) in [6.45, 7) is 6.90. The number of hydrogen-bond acceptors (Lipinski definition) is 4. The van der Waals surface area contributed by atoms with E-state index in [1.807, 2.05) is 7.05 Å². The minimum Gasteiger partial charge on any atom is -0.381 e. The van der Waals surface area contributed by atoms with Crippen LogP contribution in [0, 0.1) is 12.3 Å². The van der Waals surface area contributed by atoms with Crippen molar-refractivity contribution in [1.82, 2.24) is 15.2 Å². The summed E-state index contributed by atoms with van der Waals surface area (Å²) in [5.74, 6) is 1.01. The van der Waals surface area contributed by atoms with Crippen molar-refractivity contribution in [1.29, 1.82) is 0 Å². The summed E-state index contributed by atoms with van der Waals surface area (Å²) in [7, 11) is 1.87. The number of likely N-dealkylation sites (tertiary alicyclic amines) is 1. The molecule has 1 atom stereocenters. The highest BCUT2D eigenvalue weighted by molar-refractivity contribution is 7.13. The number of thiazole rings is 1. The Morgan fingerprint density at radius 3 is 2.93 bits per heavy atom. The van der Waals surface area contributed by atoms with Gasteiger partial charge in [0.05, 0.1) is 12.3 Å². The Kier molecular flexibility index (Phi) is 5.45. The molecule has 27 heavy (non-hydrogen) atoms. The second kappa shape index (κ2) is 7.98. The van der Waals surface area contributed by atoms with Crippen LogP contribution in [0.3, 0.4) is 0 Å². The van der Waals surface area contributed by atoms with Gasteiger partial charge in [0.25, 0.3) is 0 Å². The highest BCUT2D eigenvalue weighted by Gasteiger charge is 2.42. The Morgan fingerprint density at radius 2 is 2.19 bits per heavy atom. The maximum absolute atomic E-state index is 5.63. The third kappa shape index (κ3) is 4.17. The van der Waals surface area contributed by atoms with Crippen LogP contribution >= 0.6 is 11.3 Å². The van der Waals surface area contributed by atoms with Crippen LogP contribution in [0.15, 0.2) is 34.6 Å². The fraction of sp³-hybridized carbons (Fsp3) is 0.524. The lowest BCUT2D eigenvalue weighted by atomic mass is 9.87. The van der Waals surface area contributed by atoms with Crippen LogP contribution in [0.5, 0.6) is 0 Å². The molecule has 2 saturated heterocycles. The fourth-order valence-electron chi connectivity index (χ4n) is 3.97. The number of benzene rings is 1. The molecule has 3 heterocycles. The highest BCUT2D eigenvalue weighted by Crippen LogP contribution is 2.38. The first-order chi connectivity index (χ1) is 13.2. The predicted octanol–water partition coefficient (Wildman–Crippen LogP) is 3.35. The monoisotopic (exact) mass is 384 g/mol. The lowest BCUT2D eigenvalue weighted by Crippen LogP contribution is -2.42. The highest BCUT2D eigenvalue weighted by atomic mass is 32.1. The smallest absolute Gasteiger partial charge is 0.193 e. The van der Waals surface area contributed by atoms with Gasteiger partial charge in [-0.05, 0) is 19.8 Å². The second-order valence-electron chi connectivity index (χ2n) is 7.71. The van der Waals surface area contributed by atoms with Gasteiger partial charge >= 0.3 is 0 Å². The third-order valence-electron chi connectivity index (χ3n) is 5.65. The molecule has 1 unspecified atom stereocenters. The maximum Gasteiger partial charge on any atom is 0.193 e. The number of nitrogens with one attached hydrogen (secondary N) is 1. The molecule has 2 aliphatic heterocycles. The van der Waals surface area contributed by atoms with E-state index in [0.717, 1.165) is 55.9 Å². The summed E-state index contributed by atoms with van der Waals surface area (Å²) in [5, 5.41) is 6.78. The van der Waals surface area contributed by atoms with Crippen LogP contribution in [0.2, 0.25) is 0 Å². The van der Waals surface area contributed by atoms with Gasteiger partial charge < -0.3 is 15.0 Å². The number of ether oxygens (including phenoxy) is 1. The molecule has 1 aromatic carbocycles. The molecule has 5 nitrogen and oxygen atoms in total. The van der Waals surface area contributed by atoms with Gasteiger partial charge in [0, 0.05) is 56.1 Å². The van der Waals surface area contributed by atoms with Crippen molar-refractivity contribution in [3.63, 3.8) is 0 Å².